The maximum absolute atomic E-state index is 4.21. The molecule has 5 heteroatoms. The molecule has 0 radical (unpaired) electrons. The minimum atomic E-state index is 0.266. The van der Waals surface area contributed by atoms with Gasteiger partial charge in [0.25, 0.3) is 0 Å². The third-order valence-electron chi connectivity index (χ3n) is 2.92. The Hall–Kier alpha value is -1.62. The monoisotopic (exact) mass is 219 g/mol. The van der Waals surface area contributed by atoms with Crippen molar-refractivity contribution in [1.29, 1.82) is 0 Å². The molecule has 2 aromatic rings. The van der Waals surface area contributed by atoms with E-state index in [1.54, 1.807) is 6.20 Å². The van der Waals surface area contributed by atoms with Gasteiger partial charge >= 0.3 is 0 Å². The highest BCUT2D eigenvalue weighted by Crippen LogP contribution is 2.10. The van der Waals surface area contributed by atoms with E-state index < -0.39 is 0 Å². The molecule has 2 N–H and O–H groups in total. The van der Waals surface area contributed by atoms with Crippen molar-refractivity contribution in [2.24, 2.45) is 7.05 Å². The van der Waals surface area contributed by atoms with Gasteiger partial charge in [-0.25, -0.2) is 0 Å². The Morgan fingerprint density at radius 2 is 2.38 bits per heavy atom. The van der Waals surface area contributed by atoms with Crippen molar-refractivity contribution in [1.82, 2.24) is 25.3 Å². The van der Waals surface area contributed by atoms with E-state index in [0.717, 1.165) is 12.2 Å². The molecule has 0 amide bonds. The van der Waals surface area contributed by atoms with Crippen molar-refractivity contribution in [3.8, 4) is 0 Å². The molecule has 2 aromatic heterocycles. The second-order valence-corrected chi connectivity index (χ2v) is 3.99. The van der Waals surface area contributed by atoms with E-state index in [1.165, 1.54) is 11.3 Å². The molecule has 86 valence electrons. The zero-order chi connectivity index (χ0) is 11.5. The van der Waals surface area contributed by atoms with Crippen LogP contribution in [0.4, 0.5) is 0 Å². The van der Waals surface area contributed by atoms with E-state index in [4.69, 9.17) is 0 Å². The fraction of sp³-hybridized carbons (Fsp3) is 0.455. The number of aromatic nitrogens is 4. The minimum absolute atomic E-state index is 0.266. The summed E-state index contributed by atoms with van der Waals surface area (Å²) in [6.07, 6.45) is 3.67. The molecule has 2 heterocycles. The maximum atomic E-state index is 4.21. The molecule has 1 unspecified atom stereocenters. The normalized spacial score (nSPS) is 12.9. The molecular weight excluding hydrogens is 202 g/mol. The molecule has 2 rings (SSSR count). The highest BCUT2D eigenvalue weighted by Gasteiger charge is 2.08. The van der Waals surface area contributed by atoms with Crippen LogP contribution in [0.15, 0.2) is 18.5 Å². The Bertz CT molecular complexity index is 443. The summed E-state index contributed by atoms with van der Waals surface area (Å²) in [6.45, 7) is 5.00. The molecule has 16 heavy (non-hydrogen) atoms. The summed E-state index contributed by atoms with van der Waals surface area (Å²) >= 11 is 0. The van der Waals surface area contributed by atoms with Crippen LogP contribution in [-0.2, 0) is 13.6 Å². The van der Waals surface area contributed by atoms with Crippen LogP contribution in [0.2, 0.25) is 0 Å². The summed E-state index contributed by atoms with van der Waals surface area (Å²) in [7, 11) is 1.96. The van der Waals surface area contributed by atoms with Crippen LogP contribution in [0, 0.1) is 6.92 Å². The lowest BCUT2D eigenvalue weighted by Crippen LogP contribution is -2.18. The van der Waals surface area contributed by atoms with Crippen LogP contribution in [-0.4, -0.2) is 20.0 Å². The zero-order valence-electron chi connectivity index (χ0n) is 9.86. The van der Waals surface area contributed by atoms with Crippen molar-refractivity contribution in [3.63, 3.8) is 0 Å². The summed E-state index contributed by atoms with van der Waals surface area (Å²) in [5, 5.41) is 14.5. The molecule has 0 saturated carbocycles. The van der Waals surface area contributed by atoms with E-state index in [-0.39, 0.29) is 6.04 Å². The molecule has 0 bridgehead atoms. The van der Waals surface area contributed by atoms with Crippen molar-refractivity contribution < 1.29 is 0 Å². The smallest absolute Gasteiger partial charge is 0.0537 e. The van der Waals surface area contributed by atoms with Gasteiger partial charge in [0.15, 0.2) is 0 Å². The number of hydrogen-bond donors (Lipinski definition) is 2. The molecule has 0 aliphatic heterocycles. The number of H-pyrrole nitrogens is 1. The zero-order valence-corrected chi connectivity index (χ0v) is 9.86. The SMILES string of the molecule is Cc1c(CNC(C)c2ccn[nH]2)cnn1C. The van der Waals surface area contributed by atoms with Crippen LogP contribution < -0.4 is 5.32 Å². The van der Waals surface area contributed by atoms with Crippen LogP contribution >= 0.6 is 0 Å². The summed E-state index contributed by atoms with van der Waals surface area (Å²) < 4.78 is 1.89. The fourth-order valence-electron chi connectivity index (χ4n) is 1.60. The van der Waals surface area contributed by atoms with Gasteiger partial charge in [-0.05, 0) is 19.9 Å². The van der Waals surface area contributed by atoms with Crippen LogP contribution in [0.25, 0.3) is 0 Å². The standard InChI is InChI=1S/C11H17N5/c1-8(11-4-5-13-15-11)12-6-10-7-14-16(3)9(10)2/h4-5,7-8,12H,6H2,1-3H3,(H,13,15). The first-order valence-electron chi connectivity index (χ1n) is 5.38. The molecule has 0 aliphatic carbocycles. The Kier molecular flexibility index (Phi) is 3.05. The van der Waals surface area contributed by atoms with Gasteiger partial charge in [-0.15, -0.1) is 0 Å². The second-order valence-electron chi connectivity index (χ2n) is 3.99. The molecule has 0 aliphatic rings. The first-order chi connectivity index (χ1) is 7.68. The second kappa shape index (κ2) is 4.49. The average molecular weight is 219 g/mol. The number of aromatic amines is 1. The van der Waals surface area contributed by atoms with Crippen molar-refractivity contribution >= 4 is 0 Å². The van der Waals surface area contributed by atoms with Crippen LogP contribution in [0.3, 0.4) is 0 Å². The summed E-state index contributed by atoms with van der Waals surface area (Å²) in [5.74, 6) is 0. The van der Waals surface area contributed by atoms with Gasteiger partial charge in [0.1, 0.15) is 0 Å². The van der Waals surface area contributed by atoms with Crippen molar-refractivity contribution in [3.05, 3.63) is 35.4 Å². The third kappa shape index (κ3) is 2.14. The Labute approximate surface area is 94.9 Å². The predicted octanol–water partition coefficient (Wildman–Crippen LogP) is 1.30. The molecule has 1 atom stereocenters. The molecule has 0 saturated heterocycles. The Morgan fingerprint density at radius 1 is 1.56 bits per heavy atom. The van der Waals surface area contributed by atoms with Gasteiger partial charge in [0.2, 0.25) is 0 Å². The minimum Gasteiger partial charge on any atom is -0.305 e. The lowest BCUT2D eigenvalue weighted by Gasteiger charge is -2.11. The number of rotatable bonds is 4. The molecule has 0 spiro atoms. The largest absolute Gasteiger partial charge is 0.305 e. The number of nitrogens with zero attached hydrogens (tertiary/aromatic N) is 3. The van der Waals surface area contributed by atoms with Gasteiger partial charge in [0.05, 0.1) is 11.9 Å². The van der Waals surface area contributed by atoms with Gasteiger partial charge in [-0.2, -0.15) is 10.2 Å². The van der Waals surface area contributed by atoms with Gasteiger partial charge in [-0.1, -0.05) is 0 Å². The van der Waals surface area contributed by atoms with Crippen molar-refractivity contribution in [2.75, 3.05) is 0 Å². The molecule has 0 fully saturated rings. The molecular formula is C11H17N5. The molecule has 0 aromatic carbocycles. The maximum Gasteiger partial charge on any atom is 0.0537 e. The number of nitrogens with one attached hydrogen (secondary N) is 2. The Morgan fingerprint density at radius 3 is 2.94 bits per heavy atom. The lowest BCUT2D eigenvalue weighted by molar-refractivity contribution is 0.558. The lowest BCUT2D eigenvalue weighted by atomic mass is 10.2. The van der Waals surface area contributed by atoms with Gasteiger partial charge in [-0.3, -0.25) is 9.78 Å². The first-order valence-corrected chi connectivity index (χ1v) is 5.38. The van der Waals surface area contributed by atoms with Gasteiger partial charge < -0.3 is 5.32 Å². The highest BCUT2D eigenvalue weighted by molar-refractivity contribution is 5.16. The summed E-state index contributed by atoms with van der Waals surface area (Å²) in [5.41, 5.74) is 3.53. The fourth-order valence-corrected chi connectivity index (χ4v) is 1.60. The van der Waals surface area contributed by atoms with E-state index in [1.807, 2.05) is 24.0 Å². The predicted molar refractivity (Wildman–Crippen MR) is 61.8 cm³/mol. The van der Waals surface area contributed by atoms with E-state index in [0.29, 0.717) is 0 Å². The third-order valence-corrected chi connectivity index (χ3v) is 2.92. The number of aryl methyl sites for hydroxylation is 1. The van der Waals surface area contributed by atoms with Gasteiger partial charge in [0, 0.05) is 37.1 Å². The molecule has 5 nitrogen and oxygen atoms in total. The topological polar surface area (TPSA) is 58.5 Å². The van der Waals surface area contributed by atoms with E-state index in [2.05, 4.69) is 34.5 Å². The first kappa shape index (κ1) is 10.9. The van der Waals surface area contributed by atoms with Crippen LogP contribution in [0.5, 0.6) is 0 Å². The van der Waals surface area contributed by atoms with Crippen molar-refractivity contribution in [2.45, 2.75) is 26.4 Å². The summed E-state index contributed by atoms with van der Waals surface area (Å²) in [6, 6.07) is 2.25. The Balaban J connectivity index is 1.95. The summed E-state index contributed by atoms with van der Waals surface area (Å²) in [4.78, 5) is 0. The highest BCUT2D eigenvalue weighted by atomic mass is 15.3. The number of hydrogen-bond acceptors (Lipinski definition) is 3. The quantitative estimate of drug-likeness (QED) is 0.815. The van der Waals surface area contributed by atoms with E-state index in [9.17, 15) is 0 Å². The van der Waals surface area contributed by atoms with E-state index >= 15 is 0 Å². The average Bonchev–Trinajstić information content (AvgIpc) is 2.89. The van der Waals surface area contributed by atoms with Crippen LogP contribution in [0.1, 0.15) is 29.9 Å².